The van der Waals surface area contributed by atoms with Crippen LogP contribution in [-0.2, 0) is 13.6 Å². The molecule has 1 N–H and O–H groups in total. The average molecular weight is 395 g/mol. The smallest absolute Gasteiger partial charge is 0.269 e. The zero-order chi connectivity index (χ0) is 18.8. The maximum atomic E-state index is 12.6. The number of amides is 1. The lowest BCUT2D eigenvalue weighted by molar-refractivity contribution is 0.0942. The van der Waals surface area contributed by atoms with Crippen molar-refractivity contribution in [2.75, 3.05) is 0 Å². The van der Waals surface area contributed by atoms with E-state index in [4.69, 9.17) is 0 Å². The number of aryl methyl sites for hydroxylation is 2. The van der Waals surface area contributed by atoms with Gasteiger partial charge in [-0.2, -0.15) is 5.10 Å². The lowest BCUT2D eigenvalue weighted by Gasteiger charge is -2.04. The number of nitrogens with one attached hydrogen (secondary N) is 1. The summed E-state index contributed by atoms with van der Waals surface area (Å²) in [4.78, 5) is 19.4. The van der Waals surface area contributed by atoms with Crippen molar-refractivity contribution in [3.05, 3.63) is 70.2 Å². The van der Waals surface area contributed by atoms with Crippen LogP contribution in [-0.4, -0.2) is 20.7 Å². The molecule has 0 atom stereocenters. The van der Waals surface area contributed by atoms with Crippen molar-refractivity contribution in [1.82, 2.24) is 20.1 Å². The molecule has 0 fully saturated rings. The van der Waals surface area contributed by atoms with Gasteiger partial charge in [0.1, 0.15) is 16.4 Å². The SMILES string of the molecule is Cc1nc(-c2ccccc2)sc1CNC(=O)c1cc(-c2cccs2)nn1C. The Kier molecular flexibility index (Phi) is 4.87. The molecule has 0 saturated carbocycles. The van der Waals surface area contributed by atoms with E-state index in [1.54, 1.807) is 34.4 Å². The molecule has 7 heteroatoms. The predicted octanol–water partition coefficient (Wildman–Crippen LogP) is 4.51. The zero-order valence-electron chi connectivity index (χ0n) is 15.0. The summed E-state index contributed by atoms with van der Waals surface area (Å²) in [6.07, 6.45) is 0. The Morgan fingerprint density at radius 2 is 2.00 bits per heavy atom. The highest BCUT2D eigenvalue weighted by atomic mass is 32.1. The molecule has 1 amide bonds. The van der Waals surface area contributed by atoms with Crippen LogP contribution in [0, 0.1) is 6.92 Å². The number of carbonyl (C=O) groups excluding carboxylic acids is 1. The highest BCUT2D eigenvalue weighted by Gasteiger charge is 2.16. The molecule has 0 aliphatic rings. The normalized spacial score (nSPS) is 10.9. The van der Waals surface area contributed by atoms with Gasteiger partial charge in [-0.3, -0.25) is 9.48 Å². The van der Waals surface area contributed by atoms with Crippen LogP contribution in [0.4, 0.5) is 0 Å². The van der Waals surface area contributed by atoms with Gasteiger partial charge in [0.2, 0.25) is 0 Å². The number of rotatable bonds is 5. The molecule has 136 valence electrons. The lowest BCUT2D eigenvalue weighted by atomic mass is 10.2. The Labute approximate surface area is 165 Å². The van der Waals surface area contributed by atoms with E-state index in [1.807, 2.05) is 60.8 Å². The molecule has 5 nitrogen and oxygen atoms in total. The first-order valence-electron chi connectivity index (χ1n) is 8.49. The van der Waals surface area contributed by atoms with Gasteiger partial charge in [0.05, 0.1) is 17.1 Å². The van der Waals surface area contributed by atoms with E-state index in [2.05, 4.69) is 15.4 Å². The first kappa shape index (κ1) is 17.6. The van der Waals surface area contributed by atoms with Crippen molar-refractivity contribution < 1.29 is 4.79 Å². The maximum Gasteiger partial charge on any atom is 0.269 e. The molecule has 0 radical (unpaired) electrons. The fourth-order valence-electron chi connectivity index (χ4n) is 2.77. The van der Waals surface area contributed by atoms with Gasteiger partial charge in [0, 0.05) is 17.5 Å². The summed E-state index contributed by atoms with van der Waals surface area (Å²) in [5, 5.41) is 10.4. The Bertz CT molecular complexity index is 1070. The van der Waals surface area contributed by atoms with Crippen molar-refractivity contribution in [2.24, 2.45) is 7.05 Å². The van der Waals surface area contributed by atoms with Gasteiger partial charge in [-0.25, -0.2) is 4.98 Å². The third-order valence-electron chi connectivity index (χ3n) is 4.21. The maximum absolute atomic E-state index is 12.6. The molecule has 1 aromatic carbocycles. The first-order chi connectivity index (χ1) is 13.1. The van der Waals surface area contributed by atoms with Crippen LogP contribution >= 0.6 is 22.7 Å². The Hall–Kier alpha value is -2.77. The molecule has 3 heterocycles. The Morgan fingerprint density at radius 3 is 2.74 bits per heavy atom. The highest BCUT2D eigenvalue weighted by Crippen LogP contribution is 2.28. The number of nitrogens with zero attached hydrogens (tertiary/aromatic N) is 3. The van der Waals surface area contributed by atoms with Gasteiger partial charge in [-0.15, -0.1) is 22.7 Å². The molecule has 3 aromatic heterocycles. The first-order valence-corrected chi connectivity index (χ1v) is 10.2. The van der Waals surface area contributed by atoms with Gasteiger partial charge in [0.25, 0.3) is 5.91 Å². The number of hydrogen-bond acceptors (Lipinski definition) is 5. The van der Waals surface area contributed by atoms with E-state index in [0.29, 0.717) is 12.2 Å². The van der Waals surface area contributed by atoms with Crippen molar-refractivity contribution >= 4 is 28.6 Å². The van der Waals surface area contributed by atoms with Crippen LogP contribution in [0.25, 0.3) is 21.1 Å². The van der Waals surface area contributed by atoms with Crippen molar-refractivity contribution in [3.63, 3.8) is 0 Å². The van der Waals surface area contributed by atoms with Crippen molar-refractivity contribution in [1.29, 1.82) is 0 Å². The van der Waals surface area contributed by atoms with Crippen LogP contribution in [0.15, 0.2) is 53.9 Å². The number of carbonyl (C=O) groups is 1. The molecule has 27 heavy (non-hydrogen) atoms. The largest absolute Gasteiger partial charge is 0.346 e. The molecule has 0 aliphatic carbocycles. The van der Waals surface area contributed by atoms with Crippen LogP contribution in [0.5, 0.6) is 0 Å². The second kappa shape index (κ2) is 7.46. The van der Waals surface area contributed by atoms with Gasteiger partial charge < -0.3 is 5.32 Å². The molecular formula is C20H18N4OS2. The number of aromatic nitrogens is 3. The Balaban J connectivity index is 1.48. The van der Waals surface area contributed by atoms with Crippen molar-refractivity contribution in [2.45, 2.75) is 13.5 Å². The van der Waals surface area contributed by atoms with Gasteiger partial charge in [-0.1, -0.05) is 36.4 Å². The summed E-state index contributed by atoms with van der Waals surface area (Å²) in [5.41, 5.74) is 3.40. The molecule has 0 bridgehead atoms. The number of thiazole rings is 1. The molecule has 4 aromatic rings. The molecule has 0 unspecified atom stereocenters. The second-order valence-electron chi connectivity index (χ2n) is 6.09. The summed E-state index contributed by atoms with van der Waals surface area (Å²) < 4.78 is 1.62. The molecule has 0 spiro atoms. The van der Waals surface area contributed by atoms with Gasteiger partial charge in [0.15, 0.2) is 0 Å². The minimum absolute atomic E-state index is 0.137. The fourth-order valence-corrected chi connectivity index (χ4v) is 4.46. The fraction of sp³-hybridized carbons (Fsp3) is 0.150. The summed E-state index contributed by atoms with van der Waals surface area (Å²) in [6, 6.07) is 15.9. The standard InChI is InChI=1S/C20H18N4OS2/c1-13-18(27-20(22-13)14-7-4-3-5-8-14)12-21-19(25)16-11-15(23-24(16)2)17-9-6-10-26-17/h3-11H,12H2,1-2H3,(H,21,25). The minimum atomic E-state index is -0.137. The second-order valence-corrected chi connectivity index (χ2v) is 8.12. The van der Waals surface area contributed by atoms with Crippen LogP contribution in [0.1, 0.15) is 21.1 Å². The predicted molar refractivity (Wildman–Crippen MR) is 110 cm³/mol. The Morgan fingerprint density at radius 1 is 1.19 bits per heavy atom. The number of thiophene rings is 1. The van der Waals surface area contributed by atoms with E-state index in [0.717, 1.165) is 31.7 Å². The van der Waals surface area contributed by atoms with E-state index in [-0.39, 0.29) is 5.91 Å². The minimum Gasteiger partial charge on any atom is -0.346 e. The van der Waals surface area contributed by atoms with Crippen LogP contribution in [0.3, 0.4) is 0 Å². The number of benzene rings is 1. The van der Waals surface area contributed by atoms with Crippen molar-refractivity contribution in [3.8, 4) is 21.1 Å². The lowest BCUT2D eigenvalue weighted by Crippen LogP contribution is -2.25. The average Bonchev–Trinajstić information content (AvgIpc) is 3.40. The van der Waals surface area contributed by atoms with Crippen LogP contribution in [0.2, 0.25) is 0 Å². The molecule has 4 rings (SSSR count). The summed E-state index contributed by atoms with van der Waals surface area (Å²) in [5.74, 6) is -0.137. The third-order valence-corrected chi connectivity index (χ3v) is 6.31. The molecule has 0 aliphatic heterocycles. The highest BCUT2D eigenvalue weighted by molar-refractivity contribution is 7.15. The van der Waals surface area contributed by atoms with E-state index >= 15 is 0 Å². The topological polar surface area (TPSA) is 59.8 Å². The van der Waals surface area contributed by atoms with E-state index < -0.39 is 0 Å². The van der Waals surface area contributed by atoms with E-state index in [9.17, 15) is 4.79 Å². The van der Waals surface area contributed by atoms with Gasteiger partial charge >= 0.3 is 0 Å². The quantitative estimate of drug-likeness (QED) is 0.542. The van der Waals surface area contributed by atoms with E-state index in [1.165, 1.54) is 0 Å². The summed E-state index contributed by atoms with van der Waals surface area (Å²) in [7, 11) is 1.79. The number of hydrogen-bond donors (Lipinski definition) is 1. The molecular weight excluding hydrogens is 376 g/mol. The van der Waals surface area contributed by atoms with Crippen LogP contribution < -0.4 is 5.32 Å². The molecule has 0 saturated heterocycles. The monoisotopic (exact) mass is 394 g/mol. The summed E-state index contributed by atoms with van der Waals surface area (Å²) in [6.45, 7) is 2.43. The van der Waals surface area contributed by atoms with Gasteiger partial charge in [-0.05, 0) is 24.4 Å². The zero-order valence-corrected chi connectivity index (χ0v) is 16.6. The summed E-state index contributed by atoms with van der Waals surface area (Å²) >= 11 is 3.22. The third kappa shape index (κ3) is 3.70.